The van der Waals surface area contributed by atoms with Crippen molar-refractivity contribution in [1.29, 1.82) is 0 Å². The SMILES string of the molecule is CC[Si](CC)(CC)c1c(F)cccc1C1=NCC(C)(C)O1. The van der Waals surface area contributed by atoms with E-state index in [-0.39, 0.29) is 11.4 Å². The fourth-order valence-electron chi connectivity index (χ4n) is 3.25. The number of nitrogens with zero attached hydrogens (tertiary/aromatic N) is 1. The fraction of sp³-hybridized carbons (Fsp3) is 0.588. The zero-order valence-corrected chi connectivity index (χ0v) is 14.8. The van der Waals surface area contributed by atoms with Crippen molar-refractivity contribution in [3.63, 3.8) is 0 Å². The number of benzene rings is 1. The molecule has 1 aromatic rings. The molecule has 0 radical (unpaired) electrons. The van der Waals surface area contributed by atoms with Crippen molar-refractivity contribution in [1.82, 2.24) is 0 Å². The van der Waals surface area contributed by atoms with Crippen molar-refractivity contribution >= 4 is 19.2 Å². The van der Waals surface area contributed by atoms with Crippen molar-refractivity contribution in [3.05, 3.63) is 29.6 Å². The molecule has 0 saturated heterocycles. The molecule has 2 rings (SSSR count). The first-order valence-electron chi connectivity index (χ1n) is 7.92. The van der Waals surface area contributed by atoms with E-state index in [1.54, 1.807) is 12.1 Å². The topological polar surface area (TPSA) is 21.6 Å². The molecule has 116 valence electrons. The predicted molar refractivity (Wildman–Crippen MR) is 89.8 cm³/mol. The Balaban J connectivity index is 2.57. The van der Waals surface area contributed by atoms with Gasteiger partial charge >= 0.3 is 0 Å². The van der Waals surface area contributed by atoms with Gasteiger partial charge in [0.15, 0.2) is 0 Å². The standard InChI is InChI=1S/C17H26FNOSi/c1-6-21(7-2,8-3)15-13(10-9-11-14(15)18)16-19-12-17(4,5)20-16/h9-11H,6-8,12H2,1-5H3. The number of ether oxygens (including phenoxy) is 1. The number of hydrogen-bond donors (Lipinski definition) is 0. The number of hydrogen-bond acceptors (Lipinski definition) is 2. The zero-order valence-electron chi connectivity index (χ0n) is 13.8. The second kappa shape index (κ2) is 5.91. The van der Waals surface area contributed by atoms with E-state index in [1.165, 1.54) is 0 Å². The monoisotopic (exact) mass is 307 g/mol. The summed E-state index contributed by atoms with van der Waals surface area (Å²) in [4.78, 5) is 4.53. The van der Waals surface area contributed by atoms with E-state index < -0.39 is 8.07 Å². The molecule has 4 heteroatoms. The lowest BCUT2D eigenvalue weighted by atomic mass is 10.1. The van der Waals surface area contributed by atoms with Crippen LogP contribution < -0.4 is 5.19 Å². The van der Waals surface area contributed by atoms with Crippen LogP contribution in [0.15, 0.2) is 23.2 Å². The van der Waals surface area contributed by atoms with Gasteiger partial charge in [-0.3, -0.25) is 0 Å². The Kier molecular flexibility index (Phi) is 4.56. The molecule has 0 fully saturated rings. The Bertz CT molecular complexity index is 541. The lowest BCUT2D eigenvalue weighted by Crippen LogP contribution is -2.50. The Morgan fingerprint density at radius 3 is 2.29 bits per heavy atom. The summed E-state index contributed by atoms with van der Waals surface area (Å²) in [6, 6.07) is 8.47. The first kappa shape index (κ1) is 16.2. The van der Waals surface area contributed by atoms with E-state index in [1.807, 2.05) is 19.9 Å². The van der Waals surface area contributed by atoms with Gasteiger partial charge in [-0.15, -0.1) is 0 Å². The second-order valence-corrected chi connectivity index (χ2v) is 11.7. The molecule has 21 heavy (non-hydrogen) atoms. The average molecular weight is 307 g/mol. The fourth-order valence-corrected chi connectivity index (χ4v) is 7.16. The lowest BCUT2D eigenvalue weighted by molar-refractivity contribution is 0.131. The van der Waals surface area contributed by atoms with Gasteiger partial charge in [-0.2, -0.15) is 0 Å². The van der Waals surface area contributed by atoms with Gasteiger partial charge in [0, 0.05) is 5.56 Å². The third-order valence-electron chi connectivity index (χ3n) is 4.78. The van der Waals surface area contributed by atoms with Gasteiger partial charge in [0.1, 0.15) is 11.4 Å². The smallest absolute Gasteiger partial charge is 0.216 e. The first-order chi connectivity index (χ1) is 9.89. The Morgan fingerprint density at radius 2 is 1.81 bits per heavy atom. The summed E-state index contributed by atoms with van der Waals surface area (Å²) in [5.74, 6) is 0.544. The molecule has 1 aliphatic rings. The van der Waals surface area contributed by atoms with E-state index in [9.17, 15) is 4.39 Å². The molecule has 0 aromatic heterocycles. The summed E-state index contributed by atoms with van der Waals surface area (Å²) in [5.41, 5.74) is 0.603. The van der Waals surface area contributed by atoms with Crippen LogP contribution in [0.3, 0.4) is 0 Å². The molecule has 0 atom stereocenters. The predicted octanol–water partition coefficient (Wildman–Crippen LogP) is 4.10. The minimum atomic E-state index is -1.83. The average Bonchev–Trinajstić information content (AvgIpc) is 2.83. The normalized spacial score (nSPS) is 17.5. The van der Waals surface area contributed by atoms with Crippen LogP contribution in [0.1, 0.15) is 40.2 Å². The van der Waals surface area contributed by atoms with E-state index >= 15 is 0 Å². The van der Waals surface area contributed by atoms with Crippen LogP contribution in [-0.2, 0) is 4.74 Å². The van der Waals surface area contributed by atoms with Crippen molar-refractivity contribution in [2.45, 2.75) is 58.4 Å². The molecular formula is C17H26FNOSi. The second-order valence-electron chi connectivity index (χ2n) is 6.49. The quantitative estimate of drug-likeness (QED) is 0.751. The van der Waals surface area contributed by atoms with Gasteiger partial charge in [0.05, 0.1) is 14.6 Å². The third-order valence-corrected chi connectivity index (χ3v) is 10.4. The van der Waals surface area contributed by atoms with Crippen molar-refractivity contribution < 1.29 is 9.13 Å². The van der Waals surface area contributed by atoms with Gasteiger partial charge in [-0.25, -0.2) is 9.38 Å². The van der Waals surface area contributed by atoms with Crippen LogP contribution in [-0.4, -0.2) is 26.1 Å². The van der Waals surface area contributed by atoms with Crippen LogP contribution >= 0.6 is 0 Å². The molecule has 1 aromatic carbocycles. The minimum absolute atomic E-state index is 0.0827. The van der Waals surface area contributed by atoms with Crippen LogP contribution in [0.2, 0.25) is 18.1 Å². The highest BCUT2D eigenvalue weighted by Crippen LogP contribution is 2.26. The Hall–Kier alpha value is -1.16. The van der Waals surface area contributed by atoms with E-state index in [4.69, 9.17) is 4.74 Å². The van der Waals surface area contributed by atoms with Gasteiger partial charge in [-0.1, -0.05) is 45.0 Å². The van der Waals surface area contributed by atoms with E-state index in [2.05, 4.69) is 25.8 Å². The maximum atomic E-state index is 14.7. The highest BCUT2D eigenvalue weighted by molar-refractivity contribution is 6.92. The molecule has 0 spiro atoms. The highest BCUT2D eigenvalue weighted by Gasteiger charge is 2.37. The van der Waals surface area contributed by atoms with Gasteiger partial charge in [-0.05, 0) is 31.2 Å². The van der Waals surface area contributed by atoms with Crippen LogP contribution in [0.4, 0.5) is 4.39 Å². The number of aliphatic imine (C=N–C) groups is 1. The molecule has 0 aliphatic carbocycles. The molecule has 0 unspecified atom stereocenters. The third kappa shape index (κ3) is 2.91. The Labute approximate surface area is 128 Å². The number of rotatable bonds is 5. The summed E-state index contributed by atoms with van der Waals surface area (Å²) in [7, 11) is -1.83. The van der Waals surface area contributed by atoms with Crippen LogP contribution in [0.25, 0.3) is 0 Å². The maximum Gasteiger partial charge on any atom is 0.216 e. The molecule has 1 aliphatic heterocycles. The van der Waals surface area contributed by atoms with Gasteiger partial charge in [0.25, 0.3) is 0 Å². The summed E-state index contributed by atoms with van der Waals surface area (Å²) >= 11 is 0. The molecule has 1 heterocycles. The minimum Gasteiger partial charge on any atom is -0.469 e. The molecule has 0 bridgehead atoms. The van der Waals surface area contributed by atoms with E-state index in [0.717, 1.165) is 28.9 Å². The summed E-state index contributed by atoms with van der Waals surface area (Å²) in [6.45, 7) is 11.3. The molecular weight excluding hydrogens is 281 g/mol. The number of halogens is 1. The first-order valence-corrected chi connectivity index (χ1v) is 10.5. The molecule has 0 amide bonds. The lowest BCUT2D eigenvalue weighted by Gasteiger charge is -2.31. The maximum absolute atomic E-state index is 14.7. The van der Waals surface area contributed by atoms with Crippen LogP contribution in [0, 0.1) is 5.82 Å². The largest absolute Gasteiger partial charge is 0.469 e. The van der Waals surface area contributed by atoms with Crippen molar-refractivity contribution in [3.8, 4) is 0 Å². The van der Waals surface area contributed by atoms with Gasteiger partial charge < -0.3 is 4.74 Å². The summed E-state index contributed by atoms with van der Waals surface area (Å²) < 4.78 is 20.6. The molecule has 0 saturated carbocycles. The van der Waals surface area contributed by atoms with Gasteiger partial charge in [0.2, 0.25) is 5.90 Å². The zero-order chi connectivity index (χ0) is 15.7. The highest BCUT2D eigenvalue weighted by atomic mass is 28.3. The summed E-state index contributed by atoms with van der Waals surface area (Å²) in [6.07, 6.45) is 0. The molecule has 2 nitrogen and oxygen atoms in total. The Morgan fingerprint density at radius 1 is 1.19 bits per heavy atom. The van der Waals surface area contributed by atoms with Crippen LogP contribution in [0.5, 0.6) is 0 Å². The molecule has 0 N–H and O–H groups in total. The summed E-state index contributed by atoms with van der Waals surface area (Å²) in [5, 5.41) is 0.911. The van der Waals surface area contributed by atoms with Crippen molar-refractivity contribution in [2.75, 3.05) is 6.54 Å². The van der Waals surface area contributed by atoms with E-state index in [0.29, 0.717) is 12.4 Å². The van der Waals surface area contributed by atoms with Crippen molar-refractivity contribution in [2.24, 2.45) is 4.99 Å².